The van der Waals surface area contributed by atoms with Gasteiger partial charge in [0.2, 0.25) is 0 Å². The molecule has 1 atom stereocenters. The molecule has 112 valence electrons. The van der Waals surface area contributed by atoms with E-state index in [2.05, 4.69) is 23.7 Å². The number of nitrogens with zero attached hydrogens (tertiary/aromatic N) is 2. The van der Waals surface area contributed by atoms with E-state index in [1.807, 2.05) is 11.0 Å². The van der Waals surface area contributed by atoms with E-state index in [0.29, 0.717) is 18.0 Å². The molecule has 1 aliphatic rings. The molecular formula is C17H22N2O2. The van der Waals surface area contributed by atoms with E-state index < -0.39 is 0 Å². The van der Waals surface area contributed by atoms with Gasteiger partial charge >= 0.3 is 0 Å². The molecule has 0 spiro atoms. The second kappa shape index (κ2) is 7.80. The highest BCUT2D eigenvalue weighted by Crippen LogP contribution is 2.22. The Morgan fingerprint density at radius 1 is 1.52 bits per heavy atom. The standard InChI is InChI=1S/C17H22N2O2/c1-2-5-15-9-10-19(13-15)17(21)16-8-7-14(12-18-16)6-3-4-11-20/h7-8,12,15,20H,2,4-5,9-11,13H2,1H3. The Morgan fingerprint density at radius 2 is 2.38 bits per heavy atom. The molecule has 1 aromatic heterocycles. The van der Waals surface area contributed by atoms with Crippen LogP contribution in [0.15, 0.2) is 18.3 Å². The van der Waals surface area contributed by atoms with Crippen LogP contribution in [-0.4, -0.2) is 40.6 Å². The molecule has 4 heteroatoms. The van der Waals surface area contributed by atoms with Gasteiger partial charge in [0.05, 0.1) is 6.61 Å². The first-order chi connectivity index (χ1) is 10.2. The van der Waals surface area contributed by atoms with Crippen molar-refractivity contribution in [2.75, 3.05) is 19.7 Å². The van der Waals surface area contributed by atoms with E-state index in [1.54, 1.807) is 12.3 Å². The van der Waals surface area contributed by atoms with Gasteiger partial charge in [-0.25, -0.2) is 4.98 Å². The monoisotopic (exact) mass is 286 g/mol. The normalized spacial score (nSPS) is 17.4. The Balaban J connectivity index is 1.96. The Morgan fingerprint density at radius 3 is 3.05 bits per heavy atom. The fourth-order valence-electron chi connectivity index (χ4n) is 2.64. The molecule has 1 N–H and O–H groups in total. The highest BCUT2D eigenvalue weighted by atomic mass is 16.2. The van der Waals surface area contributed by atoms with E-state index in [4.69, 9.17) is 5.11 Å². The lowest BCUT2D eigenvalue weighted by atomic mass is 10.0. The van der Waals surface area contributed by atoms with Crippen LogP contribution in [0.3, 0.4) is 0 Å². The molecule has 0 saturated carbocycles. The average Bonchev–Trinajstić information content (AvgIpc) is 2.97. The van der Waals surface area contributed by atoms with Crippen molar-refractivity contribution in [3.05, 3.63) is 29.6 Å². The van der Waals surface area contributed by atoms with Crippen molar-refractivity contribution in [3.63, 3.8) is 0 Å². The molecule has 1 unspecified atom stereocenters. The van der Waals surface area contributed by atoms with E-state index >= 15 is 0 Å². The maximum absolute atomic E-state index is 12.4. The number of aliphatic hydroxyl groups is 1. The molecule has 21 heavy (non-hydrogen) atoms. The van der Waals surface area contributed by atoms with Gasteiger partial charge < -0.3 is 10.0 Å². The van der Waals surface area contributed by atoms with Crippen molar-refractivity contribution in [1.82, 2.24) is 9.88 Å². The number of likely N-dealkylation sites (tertiary alicyclic amines) is 1. The Bertz CT molecular complexity index is 528. The van der Waals surface area contributed by atoms with Crippen molar-refractivity contribution in [2.45, 2.75) is 32.6 Å². The predicted octanol–water partition coefficient (Wildman–Crippen LogP) is 2.08. The van der Waals surface area contributed by atoms with Crippen LogP contribution in [0.4, 0.5) is 0 Å². The molecule has 4 nitrogen and oxygen atoms in total. The van der Waals surface area contributed by atoms with Crippen molar-refractivity contribution in [1.29, 1.82) is 0 Å². The molecule has 1 saturated heterocycles. The quantitative estimate of drug-likeness (QED) is 0.862. The molecule has 1 amide bonds. The summed E-state index contributed by atoms with van der Waals surface area (Å²) in [5, 5.41) is 8.67. The van der Waals surface area contributed by atoms with Gasteiger partial charge in [-0.15, -0.1) is 0 Å². The van der Waals surface area contributed by atoms with Gasteiger partial charge in [-0.2, -0.15) is 0 Å². The van der Waals surface area contributed by atoms with Crippen LogP contribution in [0.25, 0.3) is 0 Å². The van der Waals surface area contributed by atoms with Crippen LogP contribution in [0.5, 0.6) is 0 Å². The van der Waals surface area contributed by atoms with Crippen LogP contribution < -0.4 is 0 Å². The lowest BCUT2D eigenvalue weighted by Gasteiger charge is -2.15. The zero-order chi connectivity index (χ0) is 15.1. The van der Waals surface area contributed by atoms with Gasteiger partial charge in [0.1, 0.15) is 5.69 Å². The number of pyridine rings is 1. The first kappa shape index (κ1) is 15.5. The zero-order valence-electron chi connectivity index (χ0n) is 12.5. The third kappa shape index (κ3) is 4.30. The molecule has 0 radical (unpaired) electrons. The van der Waals surface area contributed by atoms with Gasteiger partial charge in [-0.3, -0.25) is 4.79 Å². The lowest BCUT2D eigenvalue weighted by molar-refractivity contribution is 0.0780. The third-order valence-corrected chi connectivity index (χ3v) is 3.72. The number of hydrogen-bond donors (Lipinski definition) is 1. The number of aliphatic hydroxyl groups excluding tert-OH is 1. The fourth-order valence-corrected chi connectivity index (χ4v) is 2.64. The SMILES string of the molecule is CCCC1CCN(C(=O)c2ccc(C#CCCO)cn2)C1. The molecule has 1 fully saturated rings. The summed E-state index contributed by atoms with van der Waals surface area (Å²) < 4.78 is 0. The molecule has 0 aromatic carbocycles. The number of carbonyl (C=O) groups excluding carboxylic acids is 1. The Kier molecular flexibility index (Phi) is 5.77. The smallest absolute Gasteiger partial charge is 0.272 e. The second-order valence-corrected chi connectivity index (χ2v) is 5.40. The van der Waals surface area contributed by atoms with Crippen LogP contribution in [0.1, 0.15) is 48.7 Å². The number of amides is 1. The highest BCUT2D eigenvalue weighted by Gasteiger charge is 2.26. The molecular weight excluding hydrogens is 264 g/mol. The molecule has 1 aromatic rings. The van der Waals surface area contributed by atoms with Crippen LogP contribution >= 0.6 is 0 Å². The van der Waals surface area contributed by atoms with E-state index in [0.717, 1.165) is 25.1 Å². The molecule has 2 heterocycles. The van der Waals surface area contributed by atoms with Crippen LogP contribution in [0.2, 0.25) is 0 Å². The number of aromatic nitrogens is 1. The first-order valence-corrected chi connectivity index (χ1v) is 7.59. The summed E-state index contributed by atoms with van der Waals surface area (Å²) in [5.41, 5.74) is 1.25. The minimum Gasteiger partial charge on any atom is -0.395 e. The van der Waals surface area contributed by atoms with Gasteiger partial charge in [-0.1, -0.05) is 25.2 Å². The van der Waals surface area contributed by atoms with Crippen molar-refractivity contribution in [3.8, 4) is 11.8 Å². The average molecular weight is 286 g/mol. The third-order valence-electron chi connectivity index (χ3n) is 3.72. The van der Waals surface area contributed by atoms with Crippen molar-refractivity contribution in [2.24, 2.45) is 5.92 Å². The van der Waals surface area contributed by atoms with E-state index in [1.165, 1.54) is 12.8 Å². The zero-order valence-corrected chi connectivity index (χ0v) is 12.5. The molecule has 0 aliphatic carbocycles. The Labute approximate surface area is 126 Å². The van der Waals surface area contributed by atoms with Gasteiger partial charge in [0.15, 0.2) is 0 Å². The summed E-state index contributed by atoms with van der Waals surface area (Å²) in [5.74, 6) is 6.41. The number of hydrogen-bond acceptors (Lipinski definition) is 3. The molecule has 1 aliphatic heterocycles. The summed E-state index contributed by atoms with van der Waals surface area (Å²) in [6.07, 6.45) is 5.54. The minimum absolute atomic E-state index is 0.0171. The maximum atomic E-state index is 12.4. The Hall–Kier alpha value is -1.86. The maximum Gasteiger partial charge on any atom is 0.272 e. The second-order valence-electron chi connectivity index (χ2n) is 5.40. The highest BCUT2D eigenvalue weighted by molar-refractivity contribution is 5.92. The largest absolute Gasteiger partial charge is 0.395 e. The van der Waals surface area contributed by atoms with Crippen molar-refractivity contribution >= 4 is 5.91 Å². The lowest BCUT2D eigenvalue weighted by Crippen LogP contribution is -2.29. The topological polar surface area (TPSA) is 53.4 Å². The predicted molar refractivity (Wildman–Crippen MR) is 81.7 cm³/mol. The summed E-state index contributed by atoms with van der Waals surface area (Å²) in [4.78, 5) is 18.5. The fraction of sp³-hybridized carbons (Fsp3) is 0.529. The summed E-state index contributed by atoms with van der Waals surface area (Å²) in [6.45, 7) is 3.93. The van der Waals surface area contributed by atoms with Gasteiger partial charge in [-0.05, 0) is 30.9 Å². The molecule has 2 rings (SSSR count). The minimum atomic E-state index is 0.0171. The molecule has 0 bridgehead atoms. The van der Waals surface area contributed by atoms with Crippen molar-refractivity contribution < 1.29 is 9.90 Å². The summed E-state index contributed by atoms with van der Waals surface area (Å²) in [6, 6.07) is 3.54. The summed E-state index contributed by atoms with van der Waals surface area (Å²) >= 11 is 0. The first-order valence-electron chi connectivity index (χ1n) is 7.59. The summed E-state index contributed by atoms with van der Waals surface area (Å²) in [7, 11) is 0. The number of rotatable bonds is 4. The van der Waals surface area contributed by atoms with Crippen LogP contribution in [0, 0.1) is 17.8 Å². The number of carbonyl (C=O) groups is 1. The van der Waals surface area contributed by atoms with Gasteiger partial charge in [0, 0.05) is 31.3 Å². The van der Waals surface area contributed by atoms with Crippen LogP contribution in [-0.2, 0) is 0 Å². The van der Waals surface area contributed by atoms with Gasteiger partial charge in [0.25, 0.3) is 5.91 Å². The van der Waals surface area contributed by atoms with E-state index in [9.17, 15) is 4.79 Å². The van der Waals surface area contributed by atoms with E-state index in [-0.39, 0.29) is 12.5 Å².